The first kappa shape index (κ1) is 14.3. The van der Waals surface area contributed by atoms with Gasteiger partial charge in [0.25, 0.3) is 0 Å². The second-order valence-corrected chi connectivity index (χ2v) is 6.29. The van der Waals surface area contributed by atoms with Gasteiger partial charge in [0.2, 0.25) is 0 Å². The summed E-state index contributed by atoms with van der Waals surface area (Å²) in [5, 5.41) is 3.18. The van der Waals surface area contributed by atoms with Gasteiger partial charge in [0.05, 0.1) is 0 Å². The zero-order chi connectivity index (χ0) is 12.7. The van der Waals surface area contributed by atoms with Gasteiger partial charge >= 0.3 is 0 Å². The molecule has 0 saturated heterocycles. The van der Waals surface area contributed by atoms with Crippen molar-refractivity contribution in [1.29, 1.82) is 0 Å². The maximum atomic E-state index is 5.80. The molecule has 0 unspecified atom stereocenters. The highest BCUT2D eigenvalue weighted by atomic mass is 15.1. The Balaban J connectivity index is 2.04. The van der Waals surface area contributed by atoms with Crippen LogP contribution < -0.4 is 11.1 Å². The summed E-state index contributed by atoms with van der Waals surface area (Å²) < 4.78 is 0. The van der Waals surface area contributed by atoms with E-state index >= 15 is 0 Å². The van der Waals surface area contributed by atoms with E-state index in [0.717, 1.165) is 12.5 Å². The van der Waals surface area contributed by atoms with Crippen molar-refractivity contribution < 1.29 is 0 Å². The van der Waals surface area contributed by atoms with Gasteiger partial charge in [0, 0.05) is 12.1 Å². The third-order valence-electron chi connectivity index (χ3n) is 3.28. The van der Waals surface area contributed by atoms with E-state index in [1.165, 1.54) is 44.9 Å². The van der Waals surface area contributed by atoms with Gasteiger partial charge in [0.15, 0.2) is 5.96 Å². The van der Waals surface area contributed by atoms with Crippen LogP contribution in [0.5, 0.6) is 0 Å². The molecule has 0 heterocycles. The molecular weight excluding hydrogens is 210 g/mol. The molecule has 3 N–H and O–H groups in total. The maximum Gasteiger partial charge on any atom is 0.188 e. The van der Waals surface area contributed by atoms with Crippen molar-refractivity contribution >= 4 is 5.96 Å². The molecule has 0 spiro atoms. The first-order valence-electron chi connectivity index (χ1n) is 7.05. The second-order valence-electron chi connectivity index (χ2n) is 6.29. The van der Waals surface area contributed by atoms with Crippen LogP contribution in [0.25, 0.3) is 0 Å². The molecule has 1 aliphatic rings. The first-order valence-corrected chi connectivity index (χ1v) is 7.05. The molecule has 0 aromatic rings. The predicted octanol–water partition coefficient (Wildman–Crippen LogP) is 3.05. The van der Waals surface area contributed by atoms with Crippen molar-refractivity contribution in [2.75, 3.05) is 6.54 Å². The third-order valence-corrected chi connectivity index (χ3v) is 3.28. The monoisotopic (exact) mass is 239 g/mol. The molecule has 1 rings (SSSR count). The van der Waals surface area contributed by atoms with Crippen LogP contribution in [-0.4, -0.2) is 18.0 Å². The summed E-state index contributed by atoms with van der Waals surface area (Å²) in [5.74, 6) is 1.59. The SMILES string of the molecule is CC(C)(C)NC(N)=NCCCCC1CCCC1. The highest BCUT2D eigenvalue weighted by Gasteiger charge is 2.13. The van der Waals surface area contributed by atoms with Gasteiger partial charge in [-0.3, -0.25) is 4.99 Å². The van der Waals surface area contributed by atoms with Crippen molar-refractivity contribution in [1.82, 2.24) is 5.32 Å². The normalized spacial score (nSPS) is 18.6. The van der Waals surface area contributed by atoms with Gasteiger partial charge in [-0.05, 0) is 33.1 Å². The Morgan fingerprint density at radius 3 is 2.47 bits per heavy atom. The van der Waals surface area contributed by atoms with Crippen LogP contribution in [0.2, 0.25) is 0 Å². The molecular formula is C14H29N3. The fourth-order valence-corrected chi connectivity index (χ4v) is 2.47. The average molecular weight is 239 g/mol. The minimum atomic E-state index is 0.0113. The molecule has 1 aliphatic carbocycles. The van der Waals surface area contributed by atoms with Gasteiger partial charge < -0.3 is 11.1 Å². The molecule has 0 atom stereocenters. The summed E-state index contributed by atoms with van der Waals surface area (Å²) in [4.78, 5) is 4.36. The van der Waals surface area contributed by atoms with Crippen molar-refractivity contribution in [2.45, 2.75) is 71.3 Å². The molecule has 0 aromatic carbocycles. The fourth-order valence-electron chi connectivity index (χ4n) is 2.47. The lowest BCUT2D eigenvalue weighted by Gasteiger charge is -2.20. The second kappa shape index (κ2) is 6.87. The Kier molecular flexibility index (Phi) is 5.79. The van der Waals surface area contributed by atoms with Crippen molar-refractivity contribution in [2.24, 2.45) is 16.6 Å². The lowest BCUT2D eigenvalue weighted by atomic mass is 10.0. The minimum Gasteiger partial charge on any atom is -0.370 e. The Hall–Kier alpha value is -0.730. The van der Waals surface area contributed by atoms with Gasteiger partial charge in [-0.1, -0.05) is 38.5 Å². The van der Waals surface area contributed by atoms with Crippen LogP contribution in [-0.2, 0) is 0 Å². The number of nitrogens with one attached hydrogen (secondary N) is 1. The topological polar surface area (TPSA) is 50.4 Å². The average Bonchev–Trinajstić information content (AvgIpc) is 2.67. The highest BCUT2D eigenvalue weighted by molar-refractivity contribution is 5.78. The van der Waals surface area contributed by atoms with Crippen molar-refractivity contribution in [3.63, 3.8) is 0 Å². The maximum absolute atomic E-state index is 5.80. The first-order chi connectivity index (χ1) is 7.97. The number of aliphatic imine (C=N–C) groups is 1. The number of hydrogen-bond acceptors (Lipinski definition) is 1. The summed E-state index contributed by atoms with van der Waals surface area (Å²) in [5.41, 5.74) is 5.81. The largest absolute Gasteiger partial charge is 0.370 e. The quantitative estimate of drug-likeness (QED) is 0.440. The van der Waals surface area contributed by atoms with Crippen molar-refractivity contribution in [3.05, 3.63) is 0 Å². The number of rotatable bonds is 5. The molecule has 1 saturated carbocycles. The van der Waals surface area contributed by atoms with E-state index in [1.807, 2.05) is 0 Å². The van der Waals surface area contributed by atoms with E-state index < -0.39 is 0 Å². The van der Waals surface area contributed by atoms with Gasteiger partial charge in [0.1, 0.15) is 0 Å². The standard InChI is InChI=1S/C14H29N3/c1-14(2,3)17-13(15)16-11-7-6-10-12-8-4-5-9-12/h12H,4-11H2,1-3H3,(H3,15,16,17). The van der Waals surface area contributed by atoms with E-state index in [0.29, 0.717) is 5.96 Å². The Bertz CT molecular complexity index is 234. The van der Waals surface area contributed by atoms with Gasteiger partial charge in [-0.2, -0.15) is 0 Å². The third kappa shape index (κ3) is 7.24. The fraction of sp³-hybridized carbons (Fsp3) is 0.929. The minimum absolute atomic E-state index is 0.0113. The van der Waals surface area contributed by atoms with Crippen LogP contribution in [0.4, 0.5) is 0 Å². The van der Waals surface area contributed by atoms with Gasteiger partial charge in [-0.25, -0.2) is 0 Å². The molecule has 17 heavy (non-hydrogen) atoms. The predicted molar refractivity (Wildman–Crippen MR) is 75.2 cm³/mol. The van der Waals surface area contributed by atoms with E-state index in [-0.39, 0.29) is 5.54 Å². The van der Waals surface area contributed by atoms with Crippen LogP contribution in [0.15, 0.2) is 4.99 Å². The molecule has 3 nitrogen and oxygen atoms in total. The Labute approximate surface area is 106 Å². The summed E-state index contributed by atoms with van der Waals surface area (Å²) in [6.45, 7) is 7.14. The van der Waals surface area contributed by atoms with Crippen LogP contribution >= 0.6 is 0 Å². The molecule has 0 amide bonds. The smallest absolute Gasteiger partial charge is 0.188 e. The van der Waals surface area contributed by atoms with Gasteiger partial charge in [-0.15, -0.1) is 0 Å². The number of guanidine groups is 1. The number of hydrogen-bond donors (Lipinski definition) is 2. The highest BCUT2D eigenvalue weighted by Crippen LogP contribution is 2.28. The number of nitrogens with two attached hydrogens (primary N) is 1. The number of nitrogens with zero attached hydrogens (tertiary/aromatic N) is 1. The van der Waals surface area contributed by atoms with E-state index in [4.69, 9.17) is 5.73 Å². The molecule has 0 bridgehead atoms. The molecule has 3 heteroatoms. The van der Waals surface area contributed by atoms with Crippen LogP contribution in [0.3, 0.4) is 0 Å². The van der Waals surface area contributed by atoms with E-state index in [9.17, 15) is 0 Å². The molecule has 0 aliphatic heterocycles. The molecule has 1 fully saturated rings. The summed E-state index contributed by atoms with van der Waals surface area (Å²) in [6, 6.07) is 0. The summed E-state index contributed by atoms with van der Waals surface area (Å²) in [7, 11) is 0. The zero-order valence-electron chi connectivity index (χ0n) is 11.8. The summed E-state index contributed by atoms with van der Waals surface area (Å²) in [6.07, 6.45) is 9.67. The zero-order valence-corrected chi connectivity index (χ0v) is 11.8. The Morgan fingerprint density at radius 2 is 1.88 bits per heavy atom. The van der Waals surface area contributed by atoms with Crippen LogP contribution in [0, 0.1) is 5.92 Å². The van der Waals surface area contributed by atoms with Crippen molar-refractivity contribution in [3.8, 4) is 0 Å². The van der Waals surface area contributed by atoms with E-state index in [2.05, 4.69) is 31.1 Å². The van der Waals surface area contributed by atoms with Crippen LogP contribution in [0.1, 0.15) is 65.7 Å². The lowest BCUT2D eigenvalue weighted by molar-refractivity contribution is 0.475. The van der Waals surface area contributed by atoms with E-state index in [1.54, 1.807) is 0 Å². The Morgan fingerprint density at radius 1 is 1.24 bits per heavy atom. The molecule has 100 valence electrons. The lowest BCUT2D eigenvalue weighted by Crippen LogP contribution is -2.45. The number of unbranched alkanes of at least 4 members (excludes halogenated alkanes) is 1. The molecule has 0 radical (unpaired) electrons. The molecule has 0 aromatic heterocycles. The summed E-state index contributed by atoms with van der Waals surface area (Å²) >= 11 is 0.